The van der Waals surface area contributed by atoms with Crippen LogP contribution < -0.4 is 15.4 Å². The number of benzene rings is 3. The molecule has 0 aromatic heterocycles. The van der Waals surface area contributed by atoms with E-state index >= 15 is 0 Å². The molecule has 1 unspecified atom stereocenters. The van der Waals surface area contributed by atoms with E-state index in [0.717, 1.165) is 38.9 Å². The number of aryl methyl sites for hydroxylation is 1. The van der Waals surface area contributed by atoms with Crippen molar-refractivity contribution in [3.05, 3.63) is 128 Å². The van der Waals surface area contributed by atoms with Crippen LogP contribution in [0.5, 0.6) is 5.75 Å². The number of nitro groups is 1. The van der Waals surface area contributed by atoms with Crippen LogP contribution in [0.2, 0.25) is 0 Å². The molecule has 1 atom stereocenters. The molecule has 2 N–H and O–H groups in total. The van der Waals surface area contributed by atoms with E-state index < -0.39 is 16.8 Å². The Labute approximate surface area is 282 Å². The van der Waals surface area contributed by atoms with E-state index in [1.807, 2.05) is 0 Å². The molecule has 0 bridgehead atoms. The standard InChI is InChI=1S/C38H44N4O6/c1-25-12-15-30(16-13-25)38(29-10-7-6-8-11-29)18-22-41(23-19-38)21-9-20-39-36(43)33-26(2)40-27(3)34(37(44)48-5)35(33)28-14-17-31(42(45)46)32(24-28)47-4/h6-8,10-17,24,35,40H,9,18-23H2,1-5H3,(H,39,43). The summed E-state index contributed by atoms with van der Waals surface area (Å²) in [6, 6.07) is 24.1. The van der Waals surface area contributed by atoms with Crippen LogP contribution in [-0.4, -0.2) is 62.1 Å². The minimum atomic E-state index is -0.816. The molecule has 2 aliphatic heterocycles. The number of dihydropyridines is 1. The van der Waals surface area contributed by atoms with Crippen molar-refractivity contribution in [1.82, 2.24) is 15.5 Å². The summed E-state index contributed by atoms with van der Waals surface area (Å²) in [6.07, 6.45) is 2.77. The Hall–Kier alpha value is -4.96. The molecule has 2 heterocycles. The molecule has 0 radical (unpaired) electrons. The van der Waals surface area contributed by atoms with Crippen molar-refractivity contribution in [2.45, 2.75) is 51.4 Å². The maximum Gasteiger partial charge on any atom is 0.336 e. The van der Waals surface area contributed by atoms with E-state index in [1.54, 1.807) is 19.9 Å². The topological polar surface area (TPSA) is 123 Å². The largest absolute Gasteiger partial charge is 0.490 e. The zero-order chi connectivity index (χ0) is 34.4. The predicted molar refractivity (Wildman–Crippen MR) is 185 cm³/mol. The van der Waals surface area contributed by atoms with Crippen LogP contribution in [0.25, 0.3) is 0 Å². The first kappa shape index (κ1) is 34.4. The van der Waals surface area contributed by atoms with Crippen molar-refractivity contribution in [2.24, 2.45) is 0 Å². The molecule has 5 rings (SSSR count). The van der Waals surface area contributed by atoms with Gasteiger partial charge in [-0.1, -0.05) is 66.2 Å². The number of hydrogen-bond acceptors (Lipinski definition) is 8. The molecule has 3 aromatic carbocycles. The lowest BCUT2D eigenvalue weighted by atomic mass is 9.68. The molecule has 3 aromatic rings. The molecule has 48 heavy (non-hydrogen) atoms. The summed E-state index contributed by atoms with van der Waals surface area (Å²) in [5, 5.41) is 17.8. The highest BCUT2D eigenvalue weighted by Gasteiger charge is 2.39. The van der Waals surface area contributed by atoms with E-state index in [2.05, 4.69) is 77.1 Å². The van der Waals surface area contributed by atoms with Gasteiger partial charge in [0.25, 0.3) is 0 Å². The number of hydrogen-bond donors (Lipinski definition) is 2. The molecular formula is C38H44N4O6. The number of allylic oxidation sites excluding steroid dienone is 2. The molecule has 0 spiro atoms. The van der Waals surface area contributed by atoms with Crippen molar-refractivity contribution in [3.63, 3.8) is 0 Å². The van der Waals surface area contributed by atoms with Crippen LogP contribution in [0.3, 0.4) is 0 Å². The third kappa shape index (κ3) is 6.99. The highest BCUT2D eigenvalue weighted by atomic mass is 16.6. The Balaban J connectivity index is 1.27. The molecule has 2 aliphatic rings. The fraction of sp³-hybridized carbons (Fsp3) is 0.368. The number of nitro benzene ring substituents is 1. The third-order valence-corrected chi connectivity index (χ3v) is 9.72. The summed E-state index contributed by atoms with van der Waals surface area (Å²) in [5.74, 6) is -1.70. The Bertz CT molecular complexity index is 1720. The first-order valence-corrected chi connectivity index (χ1v) is 16.3. The van der Waals surface area contributed by atoms with Crippen molar-refractivity contribution >= 4 is 17.6 Å². The van der Waals surface area contributed by atoms with Gasteiger partial charge in [0.15, 0.2) is 5.75 Å². The summed E-state index contributed by atoms with van der Waals surface area (Å²) in [6.45, 7) is 8.81. The Morgan fingerprint density at radius 3 is 2.21 bits per heavy atom. The van der Waals surface area contributed by atoms with E-state index in [-0.39, 0.29) is 28.3 Å². The summed E-state index contributed by atoms with van der Waals surface area (Å²) in [5.41, 5.74) is 5.96. The van der Waals surface area contributed by atoms with Gasteiger partial charge >= 0.3 is 11.7 Å². The fourth-order valence-corrected chi connectivity index (χ4v) is 7.17. The van der Waals surface area contributed by atoms with Gasteiger partial charge in [-0.2, -0.15) is 0 Å². The maximum atomic E-state index is 13.8. The molecule has 10 heteroatoms. The number of carbonyl (C=O) groups is 2. The lowest BCUT2D eigenvalue weighted by molar-refractivity contribution is -0.385. The number of esters is 1. The zero-order valence-electron chi connectivity index (χ0n) is 28.3. The van der Waals surface area contributed by atoms with Gasteiger partial charge in [-0.15, -0.1) is 0 Å². The molecule has 0 saturated carbocycles. The lowest BCUT2D eigenvalue weighted by Gasteiger charge is -2.43. The second-order valence-corrected chi connectivity index (χ2v) is 12.6. The van der Waals surface area contributed by atoms with E-state index in [1.165, 1.54) is 43.0 Å². The number of rotatable bonds is 11. The number of nitrogens with one attached hydrogen (secondary N) is 2. The summed E-state index contributed by atoms with van der Waals surface area (Å²) < 4.78 is 10.4. The van der Waals surface area contributed by atoms with Gasteiger partial charge in [0, 0.05) is 35.0 Å². The summed E-state index contributed by atoms with van der Waals surface area (Å²) in [7, 11) is 2.63. The Kier molecular flexibility index (Phi) is 10.6. The molecule has 252 valence electrons. The number of methoxy groups -OCH3 is 2. The highest BCUT2D eigenvalue weighted by molar-refractivity contribution is 6.02. The Morgan fingerprint density at radius 2 is 1.58 bits per heavy atom. The van der Waals surface area contributed by atoms with Crippen LogP contribution in [0.15, 0.2) is 95.3 Å². The SMILES string of the molecule is COC(=O)C1=C(C)NC(C)=C(C(=O)NCCCN2CCC(c3ccccc3)(c3ccc(C)cc3)CC2)C1c1ccc([N+](=O)[O-])c(OC)c1. The predicted octanol–water partition coefficient (Wildman–Crippen LogP) is 5.91. The van der Waals surface area contributed by atoms with Crippen molar-refractivity contribution in [2.75, 3.05) is 40.4 Å². The normalized spacial score (nSPS) is 17.8. The second-order valence-electron chi connectivity index (χ2n) is 12.6. The zero-order valence-corrected chi connectivity index (χ0v) is 28.3. The van der Waals surface area contributed by atoms with Crippen LogP contribution in [-0.2, 0) is 19.7 Å². The fourth-order valence-electron chi connectivity index (χ4n) is 7.17. The van der Waals surface area contributed by atoms with Gasteiger partial charge in [-0.3, -0.25) is 14.9 Å². The van der Waals surface area contributed by atoms with Crippen molar-refractivity contribution in [1.29, 1.82) is 0 Å². The van der Waals surface area contributed by atoms with Crippen molar-refractivity contribution in [3.8, 4) is 5.75 Å². The lowest BCUT2D eigenvalue weighted by Crippen LogP contribution is -2.44. The first-order chi connectivity index (χ1) is 23.1. The van der Waals surface area contributed by atoms with Gasteiger partial charge in [-0.25, -0.2) is 4.79 Å². The monoisotopic (exact) mass is 652 g/mol. The molecular weight excluding hydrogens is 608 g/mol. The number of nitrogens with zero attached hydrogens (tertiary/aromatic N) is 2. The maximum absolute atomic E-state index is 13.8. The number of ether oxygens (including phenoxy) is 2. The number of carbonyl (C=O) groups excluding carboxylic acids is 2. The quantitative estimate of drug-likeness (QED) is 0.114. The van der Waals surface area contributed by atoms with Gasteiger partial charge in [0.2, 0.25) is 5.91 Å². The Morgan fingerprint density at radius 1 is 0.938 bits per heavy atom. The van der Waals surface area contributed by atoms with Gasteiger partial charge in [0.1, 0.15) is 0 Å². The van der Waals surface area contributed by atoms with Crippen molar-refractivity contribution < 1.29 is 24.0 Å². The summed E-state index contributed by atoms with van der Waals surface area (Å²) >= 11 is 0. The minimum Gasteiger partial charge on any atom is -0.490 e. The third-order valence-electron chi connectivity index (χ3n) is 9.72. The minimum absolute atomic E-state index is 0.0315. The van der Waals surface area contributed by atoms with Crippen LogP contribution in [0, 0.1) is 17.0 Å². The molecule has 1 fully saturated rings. The van der Waals surface area contributed by atoms with Gasteiger partial charge < -0.3 is 25.0 Å². The average molecular weight is 653 g/mol. The van der Waals surface area contributed by atoms with E-state index in [9.17, 15) is 19.7 Å². The van der Waals surface area contributed by atoms with E-state index in [4.69, 9.17) is 9.47 Å². The smallest absolute Gasteiger partial charge is 0.336 e. The van der Waals surface area contributed by atoms with Crippen LogP contribution in [0.1, 0.15) is 61.3 Å². The van der Waals surface area contributed by atoms with E-state index in [0.29, 0.717) is 29.1 Å². The molecule has 0 aliphatic carbocycles. The van der Waals surface area contributed by atoms with Crippen LogP contribution >= 0.6 is 0 Å². The van der Waals surface area contributed by atoms with Gasteiger partial charge in [0.05, 0.1) is 30.6 Å². The number of likely N-dealkylation sites (tertiary alicyclic amines) is 1. The number of amides is 1. The number of piperidine rings is 1. The molecule has 1 saturated heterocycles. The van der Waals surface area contributed by atoms with Crippen LogP contribution in [0.4, 0.5) is 5.69 Å². The molecule has 1 amide bonds. The average Bonchev–Trinajstić information content (AvgIpc) is 3.10. The highest BCUT2D eigenvalue weighted by Crippen LogP contribution is 2.43. The summed E-state index contributed by atoms with van der Waals surface area (Å²) in [4.78, 5) is 40.3. The first-order valence-electron chi connectivity index (χ1n) is 16.3. The van der Waals surface area contributed by atoms with Gasteiger partial charge in [-0.05, 0) is 82.4 Å². The second kappa shape index (κ2) is 14.9. The molecule has 10 nitrogen and oxygen atoms in total.